The van der Waals surface area contributed by atoms with E-state index in [4.69, 9.17) is 9.47 Å². The van der Waals surface area contributed by atoms with Gasteiger partial charge in [-0.05, 0) is 6.07 Å². The van der Waals surface area contributed by atoms with Gasteiger partial charge in [0.05, 0.1) is 19.8 Å². The highest BCUT2D eigenvalue weighted by molar-refractivity contribution is 5.37. The number of rotatable bonds is 4. The normalized spacial score (nSPS) is 20.3. The van der Waals surface area contributed by atoms with E-state index in [0.717, 1.165) is 63.1 Å². The molecule has 126 valence electrons. The lowest BCUT2D eigenvalue weighted by Gasteiger charge is -2.27. The number of anilines is 1. The molecule has 1 aromatic heterocycles. The monoisotopic (exact) mass is 326 g/mol. The number of nitrogens with one attached hydrogen (secondary N) is 1. The predicted molar refractivity (Wildman–Crippen MR) is 91.2 cm³/mol. The highest BCUT2D eigenvalue weighted by atomic mass is 16.5. The van der Waals surface area contributed by atoms with Gasteiger partial charge in [-0.2, -0.15) is 0 Å². The van der Waals surface area contributed by atoms with Crippen LogP contribution in [0.5, 0.6) is 5.75 Å². The van der Waals surface area contributed by atoms with Gasteiger partial charge in [-0.25, -0.2) is 9.97 Å². The smallest absolute Gasteiger partial charge is 0.225 e. The second-order valence-electron chi connectivity index (χ2n) is 6.10. The van der Waals surface area contributed by atoms with Gasteiger partial charge in [0.15, 0.2) is 0 Å². The van der Waals surface area contributed by atoms with Crippen molar-refractivity contribution in [2.45, 2.75) is 19.0 Å². The fourth-order valence-corrected chi connectivity index (χ4v) is 3.16. The molecule has 1 aromatic carbocycles. The largest absolute Gasteiger partial charge is 0.493 e. The molecule has 1 N–H and O–H groups in total. The molecule has 2 aliphatic rings. The Kier molecular flexibility index (Phi) is 4.57. The molecule has 6 heteroatoms. The van der Waals surface area contributed by atoms with Crippen LogP contribution in [-0.2, 0) is 11.3 Å². The quantitative estimate of drug-likeness (QED) is 0.926. The van der Waals surface area contributed by atoms with Gasteiger partial charge < -0.3 is 19.7 Å². The molecular weight excluding hydrogens is 304 g/mol. The summed E-state index contributed by atoms with van der Waals surface area (Å²) in [6, 6.07) is 8.55. The number of ether oxygens (including phenoxy) is 2. The van der Waals surface area contributed by atoms with E-state index >= 15 is 0 Å². The number of fused-ring (bicyclic) bond motifs is 1. The van der Waals surface area contributed by atoms with Crippen LogP contribution in [0.1, 0.15) is 23.6 Å². The summed E-state index contributed by atoms with van der Waals surface area (Å²) in [5.41, 5.74) is 2.32. The third-order valence-corrected chi connectivity index (χ3v) is 4.50. The van der Waals surface area contributed by atoms with Crippen molar-refractivity contribution in [3.05, 3.63) is 47.8 Å². The van der Waals surface area contributed by atoms with E-state index < -0.39 is 0 Å². The first kappa shape index (κ1) is 15.4. The predicted octanol–water partition coefficient (Wildman–Crippen LogP) is 1.93. The zero-order valence-corrected chi connectivity index (χ0v) is 13.6. The second-order valence-corrected chi connectivity index (χ2v) is 6.10. The second kappa shape index (κ2) is 7.15. The van der Waals surface area contributed by atoms with Crippen molar-refractivity contribution in [3.8, 4) is 5.75 Å². The average molecular weight is 326 g/mol. The lowest BCUT2D eigenvalue weighted by atomic mass is 10.0. The van der Waals surface area contributed by atoms with Gasteiger partial charge in [0, 0.05) is 55.6 Å². The summed E-state index contributed by atoms with van der Waals surface area (Å²) in [5, 5.41) is 3.60. The van der Waals surface area contributed by atoms with Gasteiger partial charge in [0.25, 0.3) is 0 Å². The lowest BCUT2D eigenvalue weighted by Crippen LogP contribution is -2.37. The third kappa shape index (κ3) is 3.34. The fraction of sp³-hybridized carbons (Fsp3) is 0.444. The third-order valence-electron chi connectivity index (χ3n) is 4.50. The average Bonchev–Trinajstić information content (AvgIpc) is 2.67. The van der Waals surface area contributed by atoms with Gasteiger partial charge in [-0.15, -0.1) is 0 Å². The molecule has 0 unspecified atom stereocenters. The van der Waals surface area contributed by atoms with Crippen LogP contribution in [0.15, 0.2) is 36.7 Å². The van der Waals surface area contributed by atoms with E-state index in [1.165, 1.54) is 5.56 Å². The van der Waals surface area contributed by atoms with E-state index in [0.29, 0.717) is 6.04 Å². The number of hydrogen-bond acceptors (Lipinski definition) is 6. The maximum Gasteiger partial charge on any atom is 0.225 e. The highest BCUT2D eigenvalue weighted by Crippen LogP contribution is 2.31. The molecule has 0 bridgehead atoms. The van der Waals surface area contributed by atoms with E-state index in [1.54, 1.807) is 0 Å². The summed E-state index contributed by atoms with van der Waals surface area (Å²) >= 11 is 0. The lowest BCUT2D eigenvalue weighted by molar-refractivity contribution is 0.122. The maximum absolute atomic E-state index is 5.71. The SMILES string of the molecule is c1ccc2c(c1)OCC[C@H]2NCc1cnc(N2CCOCC2)nc1. The fourth-order valence-electron chi connectivity index (χ4n) is 3.16. The molecule has 0 aliphatic carbocycles. The van der Waals surface area contributed by atoms with Crippen LogP contribution < -0.4 is 15.0 Å². The van der Waals surface area contributed by atoms with E-state index in [9.17, 15) is 0 Å². The first-order valence-electron chi connectivity index (χ1n) is 8.49. The molecule has 2 aliphatic heterocycles. The Morgan fingerprint density at radius 2 is 1.88 bits per heavy atom. The Hall–Kier alpha value is -2.18. The summed E-state index contributed by atoms with van der Waals surface area (Å²) in [4.78, 5) is 11.2. The van der Waals surface area contributed by atoms with E-state index in [2.05, 4.69) is 32.3 Å². The molecule has 2 aromatic rings. The zero-order valence-electron chi connectivity index (χ0n) is 13.6. The van der Waals surface area contributed by atoms with Crippen molar-refractivity contribution in [2.24, 2.45) is 0 Å². The molecule has 0 spiro atoms. The standard InChI is InChI=1S/C18H22N4O2/c1-2-4-17-15(3-1)16(5-8-24-17)19-11-14-12-20-18(21-13-14)22-6-9-23-10-7-22/h1-4,12-13,16,19H,5-11H2/t16-/m1/s1. The molecule has 24 heavy (non-hydrogen) atoms. The van der Waals surface area contributed by atoms with Crippen LogP contribution >= 0.6 is 0 Å². The van der Waals surface area contributed by atoms with Crippen molar-refractivity contribution < 1.29 is 9.47 Å². The van der Waals surface area contributed by atoms with Crippen LogP contribution in [0.2, 0.25) is 0 Å². The van der Waals surface area contributed by atoms with Crippen molar-refractivity contribution in [1.82, 2.24) is 15.3 Å². The molecule has 1 saturated heterocycles. The summed E-state index contributed by atoms with van der Waals surface area (Å²) in [6.45, 7) is 4.71. The number of hydrogen-bond donors (Lipinski definition) is 1. The van der Waals surface area contributed by atoms with Gasteiger partial charge in [-0.1, -0.05) is 18.2 Å². The number of para-hydroxylation sites is 1. The zero-order chi connectivity index (χ0) is 16.2. The minimum Gasteiger partial charge on any atom is -0.493 e. The van der Waals surface area contributed by atoms with Crippen molar-refractivity contribution >= 4 is 5.95 Å². The van der Waals surface area contributed by atoms with Crippen molar-refractivity contribution in [3.63, 3.8) is 0 Å². The molecule has 3 heterocycles. The number of morpholine rings is 1. The number of benzene rings is 1. The molecule has 6 nitrogen and oxygen atoms in total. The number of nitrogens with zero attached hydrogens (tertiary/aromatic N) is 3. The Morgan fingerprint density at radius 1 is 1.08 bits per heavy atom. The topological polar surface area (TPSA) is 59.5 Å². The van der Waals surface area contributed by atoms with Crippen LogP contribution in [0.3, 0.4) is 0 Å². The van der Waals surface area contributed by atoms with Gasteiger partial charge in [-0.3, -0.25) is 0 Å². The Labute approximate surface area is 141 Å². The summed E-state index contributed by atoms with van der Waals surface area (Å²) < 4.78 is 11.1. The van der Waals surface area contributed by atoms with E-state index in [-0.39, 0.29) is 0 Å². The van der Waals surface area contributed by atoms with Crippen LogP contribution in [-0.4, -0.2) is 42.9 Å². The Morgan fingerprint density at radius 3 is 2.71 bits per heavy atom. The van der Waals surface area contributed by atoms with Crippen LogP contribution in [0, 0.1) is 0 Å². The molecule has 1 fully saturated rings. The van der Waals surface area contributed by atoms with E-state index in [1.807, 2.05) is 24.5 Å². The molecule has 0 radical (unpaired) electrons. The van der Waals surface area contributed by atoms with Gasteiger partial charge >= 0.3 is 0 Å². The van der Waals surface area contributed by atoms with Gasteiger partial charge in [0.1, 0.15) is 5.75 Å². The first-order chi connectivity index (χ1) is 11.9. The van der Waals surface area contributed by atoms with Crippen LogP contribution in [0.4, 0.5) is 5.95 Å². The summed E-state index contributed by atoms with van der Waals surface area (Å²) in [5.74, 6) is 1.78. The minimum absolute atomic E-state index is 0.314. The van der Waals surface area contributed by atoms with Gasteiger partial charge in [0.2, 0.25) is 5.95 Å². The Balaban J connectivity index is 1.38. The van der Waals surface area contributed by atoms with Crippen molar-refractivity contribution in [2.75, 3.05) is 37.8 Å². The first-order valence-corrected chi connectivity index (χ1v) is 8.49. The molecule has 0 amide bonds. The van der Waals surface area contributed by atoms with Crippen molar-refractivity contribution in [1.29, 1.82) is 0 Å². The molecule has 4 rings (SSSR count). The molecule has 1 atom stereocenters. The Bertz CT molecular complexity index is 671. The number of aromatic nitrogens is 2. The highest BCUT2D eigenvalue weighted by Gasteiger charge is 2.20. The summed E-state index contributed by atoms with van der Waals surface area (Å²) in [6.07, 6.45) is 4.80. The minimum atomic E-state index is 0.314. The summed E-state index contributed by atoms with van der Waals surface area (Å²) in [7, 11) is 0. The van der Waals surface area contributed by atoms with Crippen LogP contribution in [0.25, 0.3) is 0 Å². The molecule has 0 saturated carbocycles. The molecular formula is C18H22N4O2. The maximum atomic E-state index is 5.71.